The smallest absolute Gasteiger partial charge is 0.207 e. The molecular weight excluding hydrogens is 190 g/mol. The maximum absolute atomic E-state index is 10.4. The third-order valence-corrected chi connectivity index (χ3v) is 2.15. The molecule has 1 aromatic rings. The molecule has 0 fully saturated rings. The zero-order chi connectivity index (χ0) is 11.1. The Morgan fingerprint density at radius 3 is 2.60 bits per heavy atom. The van der Waals surface area contributed by atoms with Crippen molar-refractivity contribution in [3.8, 4) is 0 Å². The lowest BCUT2D eigenvalue weighted by molar-refractivity contribution is -0.109. The molecule has 5 N–H and O–H groups in total. The zero-order valence-corrected chi connectivity index (χ0v) is 8.39. The topological polar surface area (TPSA) is 81.1 Å². The molecule has 0 heterocycles. The maximum atomic E-state index is 10.4. The lowest BCUT2D eigenvalue weighted by Crippen LogP contribution is -2.35. The molecule has 0 radical (unpaired) electrons. The van der Waals surface area contributed by atoms with Gasteiger partial charge in [-0.05, 0) is 12.0 Å². The van der Waals surface area contributed by atoms with Crippen LogP contribution in [0.5, 0.6) is 0 Å². The van der Waals surface area contributed by atoms with E-state index in [-0.39, 0.29) is 6.04 Å². The number of hydrogen-bond donors (Lipinski definition) is 3. The Labute approximate surface area is 89.0 Å². The van der Waals surface area contributed by atoms with E-state index in [0.717, 1.165) is 5.56 Å². The first-order valence-corrected chi connectivity index (χ1v) is 4.68. The van der Waals surface area contributed by atoms with Crippen LogP contribution in [0.25, 0.3) is 0 Å². The van der Waals surface area contributed by atoms with Crippen molar-refractivity contribution in [1.82, 2.24) is 5.32 Å². The van der Waals surface area contributed by atoms with Gasteiger partial charge in [0, 0.05) is 11.9 Å². The minimum absolute atomic E-state index is 0.241. The third kappa shape index (κ3) is 3.34. The van der Waals surface area contributed by atoms with Crippen molar-refractivity contribution in [3.05, 3.63) is 47.8 Å². The Balaban J connectivity index is 2.71. The Hall–Kier alpha value is -1.97. The SMILES string of the molecule is N/C=C(\N)C(Cc1ccccc1)NC=O. The van der Waals surface area contributed by atoms with Crippen LogP contribution in [0.1, 0.15) is 5.56 Å². The summed E-state index contributed by atoms with van der Waals surface area (Å²) in [5.41, 5.74) is 12.5. The van der Waals surface area contributed by atoms with Crippen molar-refractivity contribution in [1.29, 1.82) is 0 Å². The van der Waals surface area contributed by atoms with E-state index >= 15 is 0 Å². The Morgan fingerprint density at radius 1 is 1.40 bits per heavy atom. The van der Waals surface area contributed by atoms with Crippen LogP contribution in [0.3, 0.4) is 0 Å². The van der Waals surface area contributed by atoms with Crippen molar-refractivity contribution in [2.24, 2.45) is 11.5 Å². The highest BCUT2D eigenvalue weighted by Gasteiger charge is 2.10. The summed E-state index contributed by atoms with van der Waals surface area (Å²) in [4.78, 5) is 10.4. The molecule has 0 spiro atoms. The van der Waals surface area contributed by atoms with Gasteiger partial charge in [-0.2, -0.15) is 0 Å². The second kappa shape index (κ2) is 5.70. The highest BCUT2D eigenvalue weighted by atomic mass is 16.1. The van der Waals surface area contributed by atoms with E-state index in [2.05, 4.69) is 5.32 Å². The van der Waals surface area contributed by atoms with Gasteiger partial charge in [-0.3, -0.25) is 4.79 Å². The van der Waals surface area contributed by atoms with Crippen LogP contribution < -0.4 is 16.8 Å². The number of amides is 1. The number of hydrogen-bond acceptors (Lipinski definition) is 3. The summed E-state index contributed by atoms with van der Waals surface area (Å²) in [5.74, 6) is 0. The van der Waals surface area contributed by atoms with Gasteiger partial charge < -0.3 is 16.8 Å². The monoisotopic (exact) mass is 205 g/mol. The van der Waals surface area contributed by atoms with Crippen LogP contribution in [0.15, 0.2) is 42.2 Å². The predicted molar refractivity (Wildman–Crippen MR) is 59.6 cm³/mol. The van der Waals surface area contributed by atoms with Crippen LogP contribution >= 0.6 is 0 Å². The van der Waals surface area contributed by atoms with Crippen molar-refractivity contribution in [2.45, 2.75) is 12.5 Å². The van der Waals surface area contributed by atoms with E-state index in [0.29, 0.717) is 18.5 Å². The van der Waals surface area contributed by atoms with Crippen molar-refractivity contribution >= 4 is 6.41 Å². The Morgan fingerprint density at radius 2 is 2.07 bits per heavy atom. The number of rotatable bonds is 5. The molecule has 1 unspecified atom stereocenters. The summed E-state index contributed by atoms with van der Waals surface area (Å²) in [6.45, 7) is 0. The van der Waals surface area contributed by atoms with Crippen LogP contribution in [-0.2, 0) is 11.2 Å². The fourth-order valence-corrected chi connectivity index (χ4v) is 1.32. The molecular formula is C11H15N3O. The Bertz CT molecular complexity index is 335. The molecule has 0 saturated carbocycles. The molecule has 0 saturated heterocycles. The van der Waals surface area contributed by atoms with Crippen LogP contribution in [0, 0.1) is 0 Å². The van der Waals surface area contributed by atoms with E-state index in [9.17, 15) is 4.79 Å². The average molecular weight is 205 g/mol. The summed E-state index contributed by atoms with van der Waals surface area (Å²) >= 11 is 0. The van der Waals surface area contributed by atoms with Gasteiger partial charge >= 0.3 is 0 Å². The molecule has 0 aliphatic heterocycles. The largest absolute Gasteiger partial charge is 0.403 e. The van der Waals surface area contributed by atoms with Crippen LogP contribution in [0.2, 0.25) is 0 Å². The molecule has 1 atom stereocenters. The Kier molecular flexibility index (Phi) is 4.22. The highest BCUT2D eigenvalue weighted by Crippen LogP contribution is 2.05. The summed E-state index contributed by atoms with van der Waals surface area (Å²) in [6, 6.07) is 9.53. The molecule has 80 valence electrons. The van der Waals surface area contributed by atoms with Gasteiger partial charge in [0.1, 0.15) is 0 Å². The van der Waals surface area contributed by atoms with Gasteiger partial charge in [-0.1, -0.05) is 30.3 Å². The lowest BCUT2D eigenvalue weighted by Gasteiger charge is -2.16. The second-order valence-corrected chi connectivity index (χ2v) is 3.19. The molecule has 0 aromatic heterocycles. The lowest BCUT2D eigenvalue weighted by atomic mass is 10.0. The molecule has 1 rings (SSSR count). The van der Waals surface area contributed by atoms with Gasteiger partial charge in [-0.15, -0.1) is 0 Å². The third-order valence-electron chi connectivity index (χ3n) is 2.15. The molecule has 4 heteroatoms. The molecule has 0 aliphatic rings. The molecule has 15 heavy (non-hydrogen) atoms. The van der Waals surface area contributed by atoms with E-state index in [1.54, 1.807) is 0 Å². The fourth-order valence-electron chi connectivity index (χ4n) is 1.32. The normalized spacial score (nSPS) is 13.2. The van der Waals surface area contributed by atoms with Gasteiger partial charge in [0.15, 0.2) is 0 Å². The molecule has 1 aromatic carbocycles. The van der Waals surface area contributed by atoms with Gasteiger partial charge in [0.2, 0.25) is 6.41 Å². The highest BCUT2D eigenvalue weighted by molar-refractivity contribution is 5.48. The van der Waals surface area contributed by atoms with E-state index in [1.807, 2.05) is 30.3 Å². The molecule has 1 amide bonds. The first-order chi connectivity index (χ1) is 7.27. The van der Waals surface area contributed by atoms with Crippen molar-refractivity contribution in [3.63, 3.8) is 0 Å². The quantitative estimate of drug-likeness (QED) is 0.596. The molecule has 4 nitrogen and oxygen atoms in total. The fraction of sp³-hybridized carbons (Fsp3) is 0.182. The summed E-state index contributed by atoms with van der Waals surface area (Å²) in [6.07, 6.45) is 2.58. The van der Waals surface area contributed by atoms with Crippen molar-refractivity contribution in [2.75, 3.05) is 0 Å². The van der Waals surface area contributed by atoms with Gasteiger partial charge in [0.05, 0.1) is 6.04 Å². The minimum atomic E-state index is -0.241. The maximum Gasteiger partial charge on any atom is 0.207 e. The number of nitrogens with one attached hydrogen (secondary N) is 1. The molecule has 0 bridgehead atoms. The first-order valence-electron chi connectivity index (χ1n) is 4.68. The number of nitrogens with two attached hydrogens (primary N) is 2. The van der Waals surface area contributed by atoms with E-state index < -0.39 is 0 Å². The number of carbonyl (C=O) groups excluding carboxylic acids is 1. The first kappa shape index (κ1) is 11.1. The molecule has 0 aliphatic carbocycles. The zero-order valence-electron chi connectivity index (χ0n) is 8.39. The minimum Gasteiger partial charge on any atom is -0.403 e. The van der Waals surface area contributed by atoms with Crippen LogP contribution in [-0.4, -0.2) is 12.5 Å². The number of carbonyl (C=O) groups is 1. The average Bonchev–Trinajstić information content (AvgIpc) is 2.29. The van der Waals surface area contributed by atoms with Crippen LogP contribution in [0.4, 0.5) is 0 Å². The second-order valence-electron chi connectivity index (χ2n) is 3.19. The summed E-state index contributed by atoms with van der Waals surface area (Å²) in [7, 11) is 0. The predicted octanol–water partition coefficient (Wildman–Crippen LogP) is 0.102. The van der Waals surface area contributed by atoms with Gasteiger partial charge in [-0.25, -0.2) is 0 Å². The number of benzene rings is 1. The van der Waals surface area contributed by atoms with E-state index in [4.69, 9.17) is 11.5 Å². The summed E-state index contributed by atoms with van der Waals surface area (Å²) in [5, 5.41) is 2.63. The van der Waals surface area contributed by atoms with Crippen molar-refractivity contribution < 1.29 is 4.79 Å². The van der Waals surface area contributed by atoms with Gasteiger partial charge in [0.25, 0.3) is 0 Å². The summed E-state index contributed by atoms with van der Waals surface area (Å²) < 4.78 is 0. The van der Waals surface area contributed by atoms with E-state index in [1.165, 1.54) is 6.20 Å². The standard InChI is InChI=1S/C11H15N3O/c12-7-10(13)11(14-8-15)6-9-4-2-1-3-5-9/h1-5,7-8,11H,6,12-13H2,(H,14,15)/b10-7-.